The lowest BCUT2D eigenvalue weighted by atomic mass is 10.0. The van der Waals surface area contributed by atoms with Crippen LogP contribution in [0.2, 0.25) is 0 Å². The normalized spacial score (nSPS) is 14.6. The summed E-state index contributed by atoms with van der Waals surface area (Å²) in [6, 6.07) is 0. The van der Waals surface area contributed by atoms with Crippen LogP contribution in [0.1, 0.15) is 84.0 Å². The minimum atomic E-state index is 0.843. The molecule has 0 heterocycles. The molecular formula is C16H32O. The van der Waals surface area contributed by atoms with Crippen molar-refractivity contribution in [3.8, 4) is 0 Å². The van der Waals surface area contributed by atoms with Crippen molar-refractivity contribution in [2.75, 3.05) is 6.61 Å². The average Bonchev–Trinajstić information content (AvgIpc) is 2.41. The first-order valence-electron chi connectivity index (χ1n) is 7.64. The van der Waals surface area contributed by atoms with Crippen LogP contribution < -0.4 is 0 Å². The van der Waals surface area contributed by atoms with Gasteiger partial charge in [0.05, 0.1) is 12.9 Å². The van der Waals surface area contributed by atoms with Gasteiger partial charge in [0.2, 0.25) is 0 Å². The van der Waals surface area contributed by atoms with E-state index in [0.29, 0.717) is 0 Å². The van der Waals surface area contributed by atoms with Gasteiger partial charge in [-0.2, -0.15) is 0 Å². The third kappa shape index (κ3) is 15.5. The summed E-state index contributed by atoms with van der Waals surface area (Å²) in [6.45, 7) is 6.57. The van der Waals surface area contributed by atoms with Crippen LogP contribution in [0.5, 0.6) is 0 Å². The summed E-state index contributed by atoms with van der Waals surface area (Å²) in [5.41, 5.74) is 0. The van der Waals surface area contributed by atoms with Crippen LogP contribution in [0.25, 0.3) is 0 Å². The highest BCUT2D eigenvalue weighted by molar-refractivity contribution is 4.51. The van der Waals surface area contributed by atoms with Crippen molar-refractivity contribution in [3.63, 3.8) is 0 Å². The molecule has 17 heavy (non-hydrogen) atoms. The van der Waals surface area contributed by atoms with E-state index in [0.717, 1.165) is 6.61 Å². The first-order chi connectivity index (χ1) is 8.41. The zero-order valence-electron chi connectivity index (χ0n) is 11.9. The zero-order valence-corrected chi connectivity index (χ0v) is 11.9. The molecule has 0 radical (unpaired) electrons. The molecule has 0 aromatic carbocycles. The standard InChI is InChI=1S/C10H20O.C6H12/c1-3-5-6-7-8-9-10-11-4-2;1-2-4-6-5-3-1/h4H,2-3,5-10H2,1H3;1-6H2. The Hall–Kier alpha value is -0.460. The van der Waals surface area contributed by atoms with Crippen LogP contribution in [0.15, 0.2) is 12.8 Å². The molecule has 1 nitrogen and oxygen atoms in total. The molecule has 1 aliphatic rings. The first kappa shape index (κ1) is 16.5. The van der Waals surface area contributed by atoms with Gasteiger partial charge in [0.1, 0.15) is 0 Å². The summed E-state index contributed by atoms with van der Waals surface area (Å²) in [4.78, 5) is 0. The van der Waals surface area contributed by atoms with Gasteiger partial charge in [-0.1, -0.05) is 84.1 Å². The molecule has 0 spiro atoms. The second-order valence-electron chi connectivity index (χ2n) is 4.93. The summed E-state index contributed by atoms with van der Waals surface area (Å²) in [7, 11) is 0. The van der Waals surface area contributed by atoms with Gasteiger partial charge in [-0.25, -0.2) is 0 Å². The van der Waals surface area contributed by atoms with Gasteiger partial charge in [0, 0.05) is 0 Å². The van der Waals surface area contributed by atoms with E-state index in [-0.39, 0.29) is 0 Å². The van der Waals surface area contributed by atoms with Gasteiger partial charge in [-0.15, -0.1) is 0 Å². The summed E-state index contributed by atoms with van der Waals surface area (Å²) < 4.78 is 5.00. The molecule has 0 unspecified atom stereocenters. The Bertz CT molecular complexity index is 127. The summed E-state index contributed by atoms with van der Waals surface area (Å²) in [6.07, 6.45) is 18.4. The number of hydrogen-bond acceptors (Lipinski definition) is 1. The number of hydrogen-bond donors (Lipinski definition) is 0. The molecule has 0 aromatic heterocycles. The summed E-state index contributed by atoms with van der Waals surface area (Å²) in [5, 5.41) is 0. The highest BCUT2D eigenvalue weighted by Crippen LogP contribution is 2.15. The SMILES string of the molecule is C1CCCCC1.C=COCCCCCCCC. The highest BCUT2D eigenvalue weighted by Gasteiger charge is 1.95. The van der Waals surface area contributed by atoms with Gasteiger partial charge in [-0.3, -0.25) is 0 Å². The van der Waals surface area contributed by atoms with Crippen molar-refractivity contribution >= 4 is 0 Å². The van der Waals surface area contributed by atoms with Crippen molar-refractivity contribution in [2.24, 2.45) is 0 Å². The van der Waals surface area contributed by atoms with Crippen LogP contribution >= 0.6 is 0 Å². The van der Waals surface area contributed by atoms with E-state index in [2.05, 4.69) is 13.5 Å². The molecule has 0 saturated heterocycles. The van der Waals surface area contributed by atoms with Crippen LogP contribution in [0.4, 0.5) is 0 Å². The monoisotopic (exact) mass is 240 g/mol. The van der Waals surface area contributed by atoms with Crippen molar-refractivity contribution in [3.05, 3.63) is 12.8 Å². The zero-order chi connectivity index (χ0) is 12.6. The molecule has 1 heteroatoms. The molecule has 1 rings (SSSR count). The molecule has 1 aliphatic carbocycles. The van der Waals surface area contributed by atoms with Crippen LogP contribution in [-0.4, -0.2) is 6.61 Å². The van der Waals surface area contributed by atoms with E-state index < -0.39 is 0 Å². The second-order valence-corrected chi connectivity index (χ2v) is 4.93. The van der Waals surface area contributed by atoms with E-state index in [1.165, 1.54) is 83.3 Å². The van der Waals surface area contributed by atoms with Gasteiger partial charge in [0.25, 0.3) is 0 Å². The Morgan fingerprint density at radius 1 is 0.824 bits per heavy atom. The third-order valence-corrected chi connectivity index (χ3v) is 3.23. The molecule has 1 saturated carbocycles. The lowest BCUT2D eigenvalue weighted by molar-refractivity contribution is 0.241. The Morgan fingerprint density at radius 2 is 1.29 bits per heavy atom. The van der Waals surface area contributed by atoms with Crippen molar-refractivity contribution in [2.45, 2.75) is 84.0 Å². The van der Waals surface area contributed by atoms with Gasteiger partial charge >= 0.3 is 0 Å². The van der Waals surface area contributed by atoms with Crippen molar-refractivity contribution < 1.29 is 4.74 Å². The molecule has 0 atom stereocenters. The fourth-order valence-corrected chi connectivity index (χ4v) is 2.11. The van der Waals surface area contributed by atoms with Crippen molar-refractivity contribution in [1.29, 1.82) is 0 Å². The lowest BCUT2D eigenvalue weighted by Gasteiger charge is -2.05. The van der Waals surface area contributed by atoms with Crippen molar-refractivity contribution in [1.82, 2.24) is 0 Å². The maximum atomic E-state index is 5.00. The highest BCUT2D eigenvalue weighted by atomic mass is 16.5. The Balaban J connectivity index is 0.000000354. The fourth-order valence-electron chi connectivity index (χ4n) is 2.11. The quantitative estimate of drug-likeness (QED) is 0.382. The van der Waals surface area contributed by atoms with Crippen LogP contribution in [0.3, 0.4) is 0 Å². The molecule has 0 aliphatic heterocycles. The molecule has 1 fully saturated rings. The molecule has 0 amide bonds. The first-order valence-corrected chi connectivity index (χ1v) is 7.64. The molecule has 0 bridgehead atoms. The lowest BCUT2D eigenvalue weighted by Crippen LogP contribution is -1.87. The summed E-state index contributed by atoms with van der Waals surface area (Å²) >= 11 is 0. The van der Waals surface area contributed by atoms with E-state index in [4.69, 9.17) is 4.74 Å². The predicted octanol–water partition coefficient (Wildman–Crippen LogP) is 5.85. The Labute approximate surface area is 109 Å². The average molecular weight is 240 g/mol. The molecular weight excluding hydrogens is 208 g/mol. The Kier molecular flexibility index (Phi) is 15.1. The summed E-state index contributed by atoms with van der Waals surface area (Å²) in [5.74, 6) is 0. The number of rotatable bonds is 8. The molecule has 0 N–H and O–H groups in total. The number of unbranched alkanes of at least 4 members (excludes halogenated alkanes) is 5. The maximum absolute atomic E-state index is 5.00. The molecule has 0 aromatic rings. The largest absolute Gasteiger partial charge is 0.502 e. The minimum absolute atomic E-state index is 0.843. The van der Waals surface area contributed by atoms with E-state index in [9.17, 15) is 0 Å². The van der Waals surface area contributed by atoms with Gasteiger partial charge in [0.15, 0.2) is 0 Å². The van der Waals surface area contributed by atoms with Gasteiger partial charge < -0.3 is 4.74 Å². The number of ether oxygens (including phenoxy) is 1. The van der Waals surface area contributed by atoms with Crippen LogP contribution in [0, 0.1) is 0 Å². The third-order valence-electron chi connectivity index (χ3n) is 3.23. The Morgan fingerprint density at radius 3 is 1.76 bits per heavy atom. The smallest absolute Gasteiger partial charge is 0.0873 e. The van der Waals surface area contributed by atoms with E-state index in [1.807, 2.05) is 0 Å². The minimum Gasteiger partial charge on any atom is -0.502 e. The molecule has 102 valence electrons. The topological polar surface area (TPSA) is 9.23 Å². The second kappa shape index (κ2) is 15.5. The predicted molar refractivity (Wildman–Crippen MR) is 77.2 cm³/mol. The maximum Gasteiger partial charge on any atom is 0.0873 e. The van der Waals surface area contributed by atoms with Gasteiger partial charge in [-0.05, 0) is 6.42 Å². The van der Waals surface area contributed by atoms with Crippen LogP contribution in [-0.2, 0) is 4.74 Å². The van der Waals surface area contributed by atoms with E-state index >= 15 is 0 Å². The van der Waals surface area contributed by atoms with E-state index in [1.54, 1.807) is 0 Å². The fraction of sp³-hybridized carbons (Fsp3) is 0.875.